The van der Waals surface area contributed by atoms with E-state index in [2.05, 4.69) is 0 Å². The predicted molar refractivity (Wildman–Crippen MR) is 81.8 cm³/mol. The highest BCUT2D eigenvalue weighted by atomic mass is 16.5. The Morgan fingerprint density at radius 1 is 0.850 bits per heavy atom. The van der Waals surface area contributed by atoms with E-state index in [1.807, 2.05) is 58.0 Å². The lowest BCUT2D eigenvalue weighted by Crippen LogP contribution is -2.07. The molecule has 2 rings (SSSR count). The predicted octanol–water partition coefficient (Wildman–Crippen LogP) is 4.16. The zero-order valence-corrected chi connectivity index (χ0v) is 12.7. The fraction of sp³-hybridized carbons (Fsp3) is 0.278. The number of benzene rings is 2. The molecule has 2 aromatic rings. The molecule has 2 nitrogen and oxygen atoms in total. The van der Waals surface area contributed by atoms with Gasteiger partial charge in [0.15, 0.2) is 5.78 Å². The van der Waals surface area contributed by atoms with E-state index in [9.17, 15) is 4.79 Å². The summed E-state index contributed by atoms with van der Waals surface area (Å²) in [7, 11) is 1.65. The second kappa shape index (κ2) is 5.49. The molecule has 0 saturated heterocycles. The molecule has 0 aliphatic carbocycles. The monoisotopic (exact) mass is 268 g/mol. The lowest BCUT2D eigenvalue weighted by Gasteiger charge is -2.12. The van der Waals surface area contributed by atoms with Crippen molar-refractivity contribution in [1.82, 2.24) is 0 Å². The summed E-state index contributed by atoms with van der Waals surface area (Å²) in [5, 5.41) is 0. The average molecular weight is 268 g/mol. The molecule has 0 atom stereocenters. The molecule has 0 saturated carbocycles. The second-order valence-corrected chi connectivity index (χ2v) is 5.28. The van der Waals surface area contributed by atoms with Crippen LogP contribution in [0.15, 0.2) is 30.3 Å². The first-order chi connectivity index (χ1) is 9.43. The third-order valence-corrected chi connectivity index (χ3v) is 3.61. The maximum absolute atomic E-state index is 12.7. The first-order valence-electron chi connectivity index (χ1n) is 6.71. The van der Waals surface area contributed by atoms with Crippen molar-refractivity contribution in [2.24, 2.45) is 0 Å². The van der Waals surface area contributed by atoms with Crippen LogP contribution in [0, 0.1) is 27.7 Å². The molecule has 0 bridgehead atoms. The SMILES string of the molecule is COc1cc(C)c(C(=O)c2ccc(C)cc2C)cc1C. The molecule has 104 valence electrons. The summed E-state index contributed by atoms with van der Waals surface area (Å²) in [5.74, 6) is 0.894. The molecular formula is C18H20O2. The van der Waals surface area contributed by atoms with Gasteiger partial charge in [-0.15, -0.1) is 0 Å². The molecule has 0 heterocycles. The van der Waals surface area contributed by atoms with Crippen LogP contribution in [0.4, 0.5) is 0 Å². The number of ether oxygens (including phenoxy) is 1. The van der Waals surface area contributed by atoms with Crippen LogP contribution in [0.5, 0.6) is 5.75 Å². The van der Waals surface area contributed by atoms with E-state index >= 15 is 0 Å². The summed E-state index contributed by atoms with van der Waals surface area (Å²) in [6, 6.07) is 9.76. The number of methoxy groups -OCH3 is 1. The first kappa shape index (κ1) is 14.3. The summed E-state index contributed by atoms with van der Waals surface area (Å²) in [6.07, 6.45) is 0. The maximum atomic E-state index is 12.7. The van der Waals surface area contributed by atoms with Gasteiger partial charge in [0.1, 0.15) is 5.75 Å². The van der Waals surface area contributed by atoms with Crippen molar-refractivity contribution >= 4 is 5.78 Å². The Bertz CT molecular complexity index is 669. The number of carbonyl (C=O) groups is 1. The van der Waals surface area contributed by atoms with Crippen LogP contribution in [-0.4, -0.2) is 12.9 Å². The number of ketones is 1. The van der Waals surface area contributed by atoms with Gasteiger partial charge in [-0.25, -0.2) is 0 Å². The van der Waals surface area contributed by atoms with Crippen LogP contribution in [0.25, 0.3) is 0 Å². The summed E-state index contributed by atoms with van der Waals surface area (Å²) < 4.78 is 5.29. The third kappa shape index (κ3) is 2.60. The van der Waals surface area contributed by atoms with Gasteiger partial charge in [0, 0.05) is 11.1 Å². The fourth-order valence-electron chi connectivity index (χ4n) is 2.47. The van der Waals surface area contributed by atoms with E-state index in [0.717, 1.165) is 33.6 Å². The summed E-state index contributed by atoms with van der Waals surface area (Å²) in [4.78, 5) is 12.7. The average Bonchev–Trinajstić information content (AvgIpc) is 2.40. The quantitative estimate of drug-likeness (QED) is 0.781. The molecule has 0 unspecified atom stereocenters. The van der Waals surface area contributed by atoms with Crippen LogP contribution in [-0.2, 0) is 0 Å². The highest BCUT2D eigenvalue weighted by Crippen LogP contribution is 2.25. The molecule has 0 radical (unpaired) electrons. The van der Waals surface area contributed by atoms with Crippen molar-refractivity contribution in [3.8, 4) is 5.75 Å². The van der Waals surface area contributed by atoms with Gasteiger partial charge in [0.2, 0.25) is 0 Å². The van der Waals surface area contributed by atoms with Gasteiger partial charge in [-0.3, -0.25) is 4.79 Å². The van der Waals surface area contributed by atoms with Crippen LogP contribution in [0.3, 0.4) is 0 Å². The van der Waals surface area contributed by atoms with Crippen molar-refractivity contribution in [3.05, 3.63) is 63.7 Å². The highest BCUT2D eigenvalue weighted by Gasteiger charge is 2.16. The molecule has 0 spiro atoms. The Morgan fingerprint density at radius 3 is 2.10 bits per heavy atom. The van der Waals surface area contributed by atoms with Gasteiger partial charge in [-0.2, -0.15) is 0 Å². The van der Waals surface area contributed by atoms with E-state index in [1.54, 1.807) is 7.11 Å². The minimum atomic E-state index is 0.0748. The lowest BCUT2D eigenvalue weighted by atomic mass is 9.93. The Balaban J connectivity index is 2.51. The number of rotatable bonds is 3. The molecule has 2 heteroatoms. The van der Waals surface area contributed by atoms with Crippen molar-refractivity contribution in [2.75, 3.05) is 7.11 Å². The van der Waals surface area contributed by atoms with Crippen molar-refractivity contribution in [3.63, 3.8) is 0 Å². The summed E-state index contributed by atoms with van der Waals surface area (Å²) in [6.45, 7) is 7.91. The van der Waals surface area contributed by atoms with Gasteiger partial charge in [0.25, 0.3) is 0 Å². The number of hydrogen-bond donors (Lipinski definition) is 0. The number of carbonyl (C=O) groups excluding carboxylic acids is 1. The van der Waals surface area contributed by atoms with Crippen LogP contribution in [0.1, 0.15) is 38.2 Å². The number of aryl methyl sites for hydroxylation is 4. The third-order valence-electron chi connectivity index (χ3n) is 3.61. The van der Waals surface area contributed by atoms with E-state index in [0.29, 0.717) is 0 Å². The minimum Gasteiger partial charge on any atom is -0.496 e. The summed E-state index contributed by atoms with van der Waals surface area (Å²) >= 11 is 0. The standard InChI is InChI=1S/C18H20O2/c1-11-6-7-15(12(2)8-11)18(19)16-9-14(4)17(20-5)10-13(16)3/h6-10H,1-5H3. The topological polar surface area (TPSA) is 26.3 Å². The molecule has 0 N–H and O–H groups in total. The van der Waals surface area contributed by atoms with Gasteiger partial charge in [-0.1, -0.05) is 23.8 Å². The largest absolute Gasteiger partial charge is 0.496 e. The van der Waals surface area contributed by atoms with E-state index < -0.39 is 0 Å². The van der Waals surface area contributed by atoms with Gasteiger partial charge < -0.3 is 4.74 Å². The fourth-order valence-corrected chi connectivity index (χ4v) is 2.47. The van der Waals surface area contributed by atoms with Crippen LogP contribution in [0.2, 0.25) is 0 Å². The molecule has 0 fully saturated rings. The molecule has 0 aliphatic heterocycles. The maximum Gasteiger partial charge on any atom is 0.193 e. The van der Waals surface area contributed by atoms with E-state index in [-0.39, 0.29) is 5.78 Å². The smallest absolute Gasteiger partial charge is 0.193 e. The Hall–Kier alpha value is -2.09. The van der Waals surface area contributed by atoms with Crippen LogP contribution < -0.4 is 4.74 Å². The molecule has 0 aromatic heterocycles. The van der Waals surface area contributed by atoms with Crippen molar-refractivity contribution in [2.45, 2.75) is 27.7 Å². The molecule has 2 aromatic carbocycles. The van der Waals surface area contributed by atoms with Crippen LogP contribution >= 0.6 is 0 Å². The minimum absolute atomic E-state index is 0.0748. The Kier molecular flexibility index (Phi) is 3.93. The first-order valence-corrected chi connectivity index (χ1v) is 6.71. The Labute approximate surface area is 120 Å². The molecule has 0 aliphatic rings. The highest BCUT2D eigenvalue weighted by molar-refractivity contribution is 6.11. The number of hydrogen-bond acceptors (Lipinski definition) is 2. The summed E-state index contributed by atoms with van der Waals surface area (Å²) in [5.41, 5.74) is 5.62. The Morgan fingerprint density at radius 2 is 1.50 bits per heavy atom. The zero-order valence-electron chi connectivity index (χ0n) is 12.7. The molecule has 20 heavy (non-hydrogen) atoms. The van der Waals surface area contributed by atoms with E-state index in [1.165, 1.54) is 5.56 Å². The van der Waals surface area contributed by atoms with Crippen molar-refractivity contribution in [1.29, 1.82) is 0 Å². The lowest BCUT2D eigenvalue weighted by molar-refractivity contribution is 0.103. The van der Waals surface area contributed by atoms with Gasteiger partial charge in [0.05, 0.1) is 7.11 Å². The normalized spacial score (nSPS) is 10.4. The van der Waals surface area contributed by atoms with E-state index in [4.69, 9.17) is 4.74 Å². The second-order valence-electron chi connectivity index (χ2n) is 5.28. The molecular weight excluding hydrogens is 248 g/mol. The van der Waals surface area contributed by atoms with Gasteiger partial charge >= 0.3 is 0 Å². The zero-order chi connectivity index (χ0) is 14.9. The molecule has 0 amide bonds. The van der Waals surface area contributed by atoms with Gasteiger partial charge in [-0.05, 0) is 56.5 Å². The van der Waals surface area contributed by atoms with Crippen molar-refractivity contribution < 1.29 is 9.53 Å².